The van der Waals surface area contributed by atoms with E-state index in [2.05, 4.69) is 10.6 Å². The van der Waals surface area contributed by atoms with Gasteiger partial charge < -0.3 is 16.4 Å². The predicted molar refractivity (Wildman–Crippen MR) is 92.7 cm³/mol. The van der Waals surface area contributed by atoms with Gasteiger partial charge in [0.25, 0.3) is 0 Å². The van der Waals surface area contributed by atoms with Crippen LogP contribution in [0.25, 0.3) is 0 Å². The highest BCUT2D eigenvalue weighted by Crippen LogP contribution is 2.20. The molecule has 0 aliphatic heterocycles. The SMILES string of the molecule is Cc1cccc(C)c1NC(=O)CNc1cccc(C(N)=O)c1C. The zero-order valence-electron chi connectivity index (χ0n) is 13.6. The second kappa shape index (κ2) is 6.96. The van der Waals surface area contributed by atoms with E-state index >= 15 is 0 Å². The van der Waals surface area contributed by atoms with E-state index in [9.17, 15) is 9.59 Å². The predicted octanol–water partition coefficient (Wildman–Crippen LogP) is 2.76. The van der Waals surface area contributed by atoms with Gasteiger partial charge in [-0.1, -0.05) is 24.3 Å². The number of anilines is 2. The second-order valence-electron chi connectivity index (χ2n) is 5.51. The Morgan fingerprint density at radius 2 is 1.61 bits per heavy atom. The van der Waals surface area contributed by atoms with Gasteiger partial charge in [0, 0.05) is 16.9 Å². The first-order chi connectivity index (χ1) is 10.9. The Bertz CT molecular complexity index is 734. The van der Waals surface area contributed by atoms with Crippen LogP contribution < -0.4 is 16.4 Å². The van der Waals surface area contributed by atoms with Crippen molar-refractivity contribution in [1.29, 1.82) is 0 Å². The van der Waals surface area contributed by atoms with Crippen LogP contribution in [0.4, 0.5) is 11.4 Å². The molecule has 0 spiro atoms. The van der Waals surface area contributed by atoms with Crippen molar-refractivity contribution in [1.82, 2.24) is 0 Å². The average Bonchev–Trinajstić information content (AvgIpc) is 2.50. The average molecular weight is 311 g/mol. The van der Waals surface area contributed by atoms with E-state index in [-0.39, 0.29) is 12.5 Å². The Morgan fingerprint density at radius 1 is 1.00 bits per heavy atom. The van der Waals surface area contributed by atoms with E-state index in [1.807, 2.05) is 38.1 Å². The van der Waals surface area contributed by atoms with Crippen LogP contribution in [0.1, 0.15) is 27.0 Å². The van der Waals surface area contributed by atoms with Crippen LogP contribution in [0.5, 0.6) is 0 Å². The Labute approximate surface area is 135 Å². The smallest absolute Gasteiger partial charge is 0.249 e. The number of hydrogen-bond acceptors (Lipinski definition) is 3. The van der Waals surface area contributed by atoms with Crippen molar-refractivity contribution >= 4 is 23.2 Å². The molecule has 0 radical (unpaired) electrons. The summed E-state index contributed by atoms with van der Waals surface area (Å²) in [5, 5.41) is 5.96. The van der Waals surface area contributed by atoms with Crippen molar-refractivity contribution < 1.29 is 9.59 Å². The third kappa shape index (κ3) is 3.88. The maximum atomic E-state index is 12.2. The summed E-state index contributed by atoms with van der Waals surface area (Å²) < 4.78 is 0. The molecule has 0 fully saturated rings. The summed E-state index contributed by atoms with van der Waals surface area (Å²) in [6.07, 6.45) is 0. The molecule has 0 unspecified atom stereocenters. The Hall–Kier alpha value is -2.82. The minimum Gasteiger partial charge on any atom is -0.376 e. The lowest BCUT2D eigenvalue weighted by atomic mass is 10.1. The minimum atomic E-state index is -0.480. The van der Waals surface area contributed by atoms with Crippen LogP contribution >= 0.6 is 0 Å². The van der Waals surface area contributed by atoms with Crippen LogP contribution in [-0.2, 0) is 4.79 Å². The molecule has 0 bridgehead atoms. The summed E-state index contributed by atoms with van der Waals surface area (Å²) in [5.41, 5.74) is 10.1. The largest absolute Gasteiger partial charge is 0.376 e. The summed E-state index contributed by atoms with van der Waals surface area (Å²) in [4.78, 5) is 23.5. The van der Waals surface area contributed by atoms with Crippen molar-refractivity contribution in [2.24, 2.45) is 5.73 Å². The van der Waals surface area contributed by atoms with Crippen molar-refractivity contribution in [3.05, 3.63) is 58.7 Å². The molecule has 0 atom stereocenters. The maximum Gasteiger partial charge on any atom is 0.249 e. The van der Waals surface area contributed by atoms with Gasteiger partial charge in [0.1, 0.15) is 0 Å². The molecule has 0 aliphatic carbocycles. The number of carbonyl (C=O) groups excluding carboxylic acids is 2. The van der Waals surface area contributed by atoms with Crippen LogP contribution in [-0.4, -0.2) is 18.4 Å². The van der Waals surface area contributed by atoms with E-state index < -0.39 is 5.91 Å². The number of hydrogen-bond donors (Lipinski definition) is 3. The zero-order valence-corrected chi connectivity index (χ0v) is 13.6. The molecule has 0 aromatic heterocycles. The number of nitrogens with two attached hydrogens (primary N) is 1. The molecule has 0 saturated carbocycles. The molecule has 5 heteroatoms. The fraction of sp³-hybridized carbons (Fsp3) is 0.222. The zero-order chi connectivity index (χ0) is 17.0. The van der Waals surface area contributed by atoms with Gasteiger partial charge in [-0.25, -0.2) is 0 Å². The molecule has 0 heterocycles. The molecule has 2 rings (SSSR count). The highest BCUT2D eigenvalue weighted by atomic mass is 16.2. The number of primary amides is 1. The molecular weight excluding hydrogens is 290 g/mol. The van der Waals surface area contributed by atoms with Crippen molar-refractivity contribution in [3.8, 4) is 0 Å². The van der Waals surface area contributed by atoms with Crippen molar-refractivity contribution in [2.45, 2.75) is 20.8 Å². The number of rotatable bonds is 5. The molecule has 2 amide bonds. The first-order valence-corrected chi connectivity index (χ1v) is 7.39. The third-order valence-corrected chi connectivity index (χ3v) is 3.78. The van der Waals surface area contributed by atoms with Gasteiger partial charge >= 0.3 is 0 Å². The first-order valence-electron chi connectivity index (χ1n) is 7.39. The lowest BCUT2D eigenvalue weighted by Crippen LogP contribution is -2.23. The number of nitrogens with one attached hydrogen (secondary N) is 2. The maximum absolute atomic E-state index is 12.2. The standard InChI is InChI=1S/C18H21N3O2/c1-11-6-4-7-12(2)17(11)21-16(22)10-20-15-9-5-8-14(13(15)3)18(19)23/h4-9,20H,10H2,1-3H3,(H2,19,23)(H,21,22). The molecule has 23 heavy (non-hydrogen) atoms. The number of amides is 2. The molecule has 2 aromatic carbocycles. The van der Waals surface area contributed by atoms with Gasteiger partial charge in [-0.2, -0.15) is 0 Å². The number of para-hydroxylation sites is 1. The molecule has 0 aliphatic rings. The topological polar surface area (TPSA) is 84.2 Å². The lowest BCUT2D eigenvalue weighted by Gasteiger charge is -2.14. The van der Waals surface area contributed by atoms with Gasteiger partial charge in [0.05, 0.1) is 6.54 Å². The first kappa shape index (κ1) is 16.5. The number of benzene rings is 2. The molecule has 2 aromatic rings. The van der Waals surface area contributed by atoms with E-state index in [1.165, 1.54) is 0 Å². The number of aryl methyl sites for hydroxylation is 2. The van der Waals surface area contributed by atoms with Crippen molar-refractivity contribution in [2.75, 3.05) is 17.2 Å². The van der Waals surface area contributed by atoms with Crippen LogP contribution in [0.2, 0.25) is 0 Å². The Kier molecular flexibility index (Phi) is 5.01. The van der Waals surface area contributed by atoms with Gasteiger partial charge in [-0.05, 0) is 49.6 Å². The van der Waals surface area contributed by atoms with Crippen LogP contribution in [0, 0.1) is 20.8 Å². The Morgan fingerprint density at radius 3 is 2.22 bits per heavy atom. The summed E-state index contributed by atoms with van der Waals surface area (Å²) >= 11 is 0. The molecule has 4 N–H and O–H groups in total. The van der Waals surface area contributed by atoms with E-state index in [1.54, 1.807) is 19.1 Å². The molecule has 120 valence electrons. The second-order valence-corrected chi connectivity index (χ2v) is 5.51. The molecular formula is C18H21N3O2. The van der Waals surface area contributed by atoms with Gasteiger partial charge in [-0.15, -0.1) is 0 Å². The van der Waals surface area contributed by atoms with E-state index in [4.69, 9.17) is 5.73 Å². The molecule has 0 saturated heterocycles. The summed E-state index contributed by atoms with van der Waals surface area (Å²) in [5.74, 6) is -0.627. The van der Waals surface area contributed by atoms with Gasteiger partial charge in [0.15, 0.2) is 0 Å². The van der Waals surface area contributed by atoms with Crippen molar-refractivity contribution in [3.63, 3.8) is 0 Å². The highest BCUT2D eigenvalue weighted by molar-refractivity contribution is 5.97. The minimum absolute atomic E-state index is 0.108. The third-order valence-electron chi connectivity index (χ3n) is 3.78. The highest BCUT2D eigenvalue weighted by Gasteiger charge is 2.10. The quantitative estimate of drug-likeness (QED) is 0.794. The summed E-state index contributed by atoms with van der Waals surface area (Å²) in [6, 6.07) is 11.1. The van der Waals surface area contributed by atoms with E-state index in [0.29, 0.717) is 5.56 Å². The van der Waals surface area contributed by atoms with Gasteiger partial charge in [0.2, 0.25) is 11.8 Å². The lowest BCUT2D eigenvalue weighted by molar-refractivity contribution is -0.114. The summed E-state index contributed by atoms with van der Waals surface area (Å²) in [6.45, 7) is 5.82. The summed E-state index contributed by atoms with van der Waals surface area (Å²) in [7, 11) is 0. The fourth-order valence-corrected chi connectivity index (χ4v) is 2.46. The van der Waals surface area contributed by atoms with Crippen LogP contribution in [0.3, 0.4) is 0 Å². The monoisotopic (exact) mass is 311 g/mol. The van der Waals surface area contributed by atoms with E-state index in [0.717, 1.165) is 28.1 Å². The molecule has 5 nitrogen and oxygen atoms in total. The van der Waals surface area contributed by atoms with Crippen LogP contribution in [0.15, 0.2) is 36.4 Å². The number of carbonyl (C=O) groups is 2. The fourth-order valence-electron chi connectivity index (χ4n) is 2.46. The Balaban J connectivity index is 2.06. The normalized spacial score (nSPS) is 10.2. The van der Waals surface area contributed by atoms with Gasteiger partial charge in [-0.3, -0.25) is 9.59 Å².